The maximum Gasteiger partial charge on any atom is 0.347 e. The number of carbonyl (C=O) groups is 2. The van der Waals surface area contributed by atoms with Crippen LogP contribution in [0, 0.1) is 0 Å². The van der Waals surface area contributed by atoms with Crippen molar-refractivity contribution in [3.05, 3.63) is 28.9 Å². The quantitative estimate of drug-likeness (QED) is 0.714. The van der Waals surface area contributed by atoms with Crippen LogP contribution in [0.4, 0.5) is 0 Å². The predicted molar refractivity (Wildman–Crippen MR) is 91.9 cm³/mol. The predicted octanol–water partition coefficient (Wildman–Crippen LogP) is -0.602. The molecule has 8 nitrogen and oxygen atoms in total. The van der Waals surface area contributed by atoms with Crippen LogP contribution in [0.25, 0.3) is 0 Å². The van der Waals surface area contributed by atoms with Crippen molar-refractivity contribution in [3.8, 4) is 0 Å². The number of carbonyl (C=O) groups excluding carboxylic acids is 2. The van der Waals surface area contributed by atoms with E-state index in [-0.39, 0.29) is 23.9 Å². The molecule has 0 saturated carbocycles. The van der Waals surface area contributed by atoms with Gasteiger partial charge in [-0.15, -0.1) is 0 Å². The number of hydrogen-bond donors (Lipinski definition) is 0. The SMILES string of the molecule is CN1CC[C@@]2(CCC1=O)CN(C(=O)Cn1cccnc1=O)CCN2C. The van der Waals surface area contributed by atoms with Gasteiger partial charge >= 0.3 is 5.69 Å². The minimum atomic E-state index is -0.415. The number of piperazine rings is 1. The number of amides is 2. The van der Waals surface area contributed by atoms with Crippen LogP contribution >= 0.6 is 0 Å². The smallest absolute Gasteiger partial charge is 0.346 e. The summed E-state index contributed by atoms with van der Waals surface area (Å²) in [6.45, 7) is 2.71. The maximum atomic E-state index is 12.7. The van der Waals surface area contributed by atoms with Gasteiger partial charge in [0.05, 0.1) is 0 Å². The highest BCUT2D eigenvalue weighted by molar-refractivity contribution is 5.77. The molecule has 0 bridgehead atoms. The molecule has 1 spiro atoms. The van der Waals surface area contributed by atoms with Gasteiger partial charge in [-0.2, -0.15) is 0 Å². The molecule has 0 N–H and O–H groups in total. The fraction of sp³-hybridized carbons (Fsp3) is 0.647. The Balaban J connectivity index is 1.73. The molecule has 25 heavy (non-hydrogen) atoms. The van der Waals surface area contributed by atoms with E-state index in [4.69, 9.17) is 0 Å². The molecule has 2 aliphatic rings. The number of rotatable bonds is 2. The number of hydrogen-bond acceptors (Lipinski definition) is 5. The van der Waals surface area contributed by atoms with Crippen molar-refractivity contribution >= 4 is 11.8 Å². The van der Waals surface area contributed by atoms with E-state index in [0.717, 1.165) is 19.4 Å². The summed E-state index contributed by atoms with van der Waals surface area (Å²) >= 11 is 0. The zero-order valence-electron chi connectivity index (χ0n) is 14.8. The second kappa shape index (κ2) is 6.95. The Morgan fingerprint density at radius 2 is 2.00 bits per heavy atom. The lowest BCUT2D eigenvalue weighted by atomic mass is 9.86. The molecule has 136 valence electrons. The molecule has 8 heteroatoms. The minimum absolute atomic E-state index is 0.00526. The molecule has 1 atom stereocenters. The van der Waals surface area contributed by atoms with Crippen molar-refractivity contribution in [2.75, 3.05) is 40.3 Å². The Morgan fingerprint density at radius 3 is 2.76 bits per heavy atom. The van der Waals surface area contributed by atoms with Gasteiger partial charge in [0.25, 0.3) is 0 Å². The Kier molecular flexibility index (Phi) is 4.89. The average molecular weight is 347 g/mol. The summed E-state index contributed by atoms with van der Waals surface area (Å²) in [6.07, 6.45) is 5.11. The molecular weight excluding hydrogens is 322 g/mol. The highest BCUT2D eigenvalue weighted by Crippen LogP contribution is 2.31. The second-order valence-electron chi connectivity index (χ2n) is 7.06. The molecule has 0 aliphatic carbocycles. The van der Waals surface area contributed by atoms with Gasteiger partial charge < -0.3 is 9.80 Å². The number of likely N-dealkylation sites (N-methyl/N-ethyl adjacent to an activating group) is 1. The molecule has 3 heterocycles. The fourth-order valence-electron chi connectivity index (χ4n) is 3.72. The van der Waals surface area contributed by atoms with Gasteiger partial charge in [-0.05, 0) is 26.0 Å². The summed E-state index contributed by atoms with van der Waals surface area (Å²) < 4.78 is 1.33. The molecule has 0 unspecified atom stereocenters. The van der Waals surface area contributed by atoms with Gasteiger partial charge in [0.15, 0.2) is 0 Å². The molecular formula is C17H25N5O3. The second-order valence-corrected chi connectivity index (χ2v) is 7.06. The topological polar surface area (TPSA) is 78.8 Å². The number of aromatic nitrogens is 2. The van der Waals surface area contributed by atoms with Gasteiger partial charge in [-0.3, -0.25) is 19.1 Å². The lowest BCUT2D eigenvalue weighted by Gasteiger charge is -2.49. The molecule has 2 aliphatic heterocycles. The van der Waals surface area contributed by atoms with Gasteiger partial charge in [0, 0.05) is 57.6 Å². The highest BCUT2D eigenvalue weighted by Gasteiger charge is 2.42. The number of likely N-dealkylation sites (tertiary alicyclic amines) is 1. The van der Waals surface area contributed by atoms with Crippen molar-refractivity contribution in [2.45, 2.75) is 31.3 Å². The van der Waals surface area contributed by atoms with Crippen molar-refractivity contribution < 1.29 is 9.59 Å². The van der Waals surface area contributed by atoms with E-state index in [0.29, 0.717) is 26.1 Å². The van der Waals surface area contributed by atoms with E-state index in [1.54, 1.807) is 17.2 Å². The largest absolute Gasteiger partial charge is 0.347 e. The first kappa shape index (κ1) is 17.6. The van der Waals surface area contributed by atoms with Crippen LogP contribution in [0.1, 0.15) is 19.3 Å². The van der Waals surface area contributed by atoms with E-state index in [9.17, 15) is 14.4 Å². The Hall–Kier alpha value is -2.22. The van der Waals surface area contributed by atoms with Gasteiger partial charge in [0.1, 0.15) is 6.54 Å². The van der Waals surface area contributed by atoms with Crippen LogP contribution in [0.15, 0.2) is 23.3 Å². The monoisotopic (exact) mass is 347 g/mol. The van der Waals surface area contributed by atoms with Crippen LogP contribution in [0.3, 0.4) is 0 Å². The van der Waals surface area contributed by atoms with Gasteiger partial charge in [-0.25, -0.2) is 9.78 Å². The molecule has 0 radical (unpaired) electrons. The van der Waals surface area contributed by atoms with Gasteiger partial charge in [-0.1, -0.05) is 0 Å². The summed E-state index contributed by atoms with van der Waals surface area (Å²) in [6, 6.07) is 1.65. The first-order chi connectivity index (χ1) is 11.9. The normalized spacial score (nSPS) is 25.3. The molecule has 0 aromatic carbocycles. The lowest BCUT2D eigenvalue weighted by Crippen LogP contribution is -2.62. The summed E-state index contributed by atoms with van der Waals surface area (Å²) in [5.41, 5.74) is -0.588. The summed E-state index contributed by atoms with van der Waals surface area (Å²) in [4.78, 5) is 46.0. The third-order valence-corrected chi connectivity index (χ3v) is 5.58. The molecule has 2 saturated heterocycles. The van der Waals surface area contributed by atoms with Crippen molar-refractivity contribution in [1.29, 1.82) is 0 Å². The lowest BCUT2D eigenvalue weighted by molar-refractivity contribution is -0.137. The molecule has 1 aromatic rings. The van der Waals surface area contributed by atoms with E-state index in [2.05, 4.69) is 16.9 Å². The van der Waals surface area contributed by atoms with E-state index >= 15 is 0 Å². The van der Waals surface area contributed by atoms with E-state index < -0.39 is 5.69 Å². The van der Waals surface area contributed by atoms with Gasteiger partial charge in [0.2, 0.25) is 11.8 Å². The summed E-state index contributed by atoms with van der Waals surface area (Å²) in [5, 5.41) is 0. The Bertz CT molecular complexity index is 718. The van der Waals surface area contributed by atoms with Crippen LogP contribution in [0.5, 0.6) is 0 Å². The third-order valence-electron chi connectivity index (χ3n) is 5.58. The van der Waals surface area contributed by atoms with Crippen molar-refractivity contribution in [3.63, 3.8) is 0 Å². The highest BCUT2D eigenvalue weighted by atomic mass is 16.2. The molecule has 3 rings (SSSR count). The summed E-state index contributed by atoms with van der Waals surface area (Å²) in [7, 11) is 3.91. The van der Waals surface area contributed by atoms with Crippen molar-refractivity contribution in [1.82, 2.24) is 24.3 Å². The number of nitrogens with zero attached hydrogens (tertiary/aromatic N) is 5. The zero-order valence-corrected chi connectivity index (χ0v) is 14.8. The molecule has 1 aromatic heterocycles. The fourth-order valence-corrected chi connectivity index (χ4v) is 3.72. The van der Waals surface area contributed by atoms with Crippen LogP contribution in [0.2, 0.25) is 0 Å². The minimum Gasteiger partial charge on any atom is -0.346 e. The maximum absolute atomic E-state index is 12.7. The molecule has 2 fully saturated rings. The Labute approximate surface area is 147 Å². The van der Waals surface area contributed by atoms with E-state index in [1.807, 2.05) is 11.9 Å². The van der Waals surface area contributed by atoms with Crippen LogP contribution in [-0.4, -0.2) is 81.9 Å². The van der Waals surface area contributed by atoms with E-state index in [1.165, 1.54) is 10.8 Å². The first-order valence-corrected chi connectivity index (χ1v) is 8.66. The Morgan fingerprint density at radius 1 is 1.20 bits per heavy atom. The van der Waals surface area contributed by atoms with Crippen molar-refractivity contribution in [2.24, 2.45) is 0 Å². The zero-order chi connectivity index (χ0) is 18.0. The van der Waals surface area contributed by atoms with Crippen LogP contribution in [-0.2, 0) is 16.1 Å². The standard InChI is InChI=1S/C17H25N5O3/c1-19-9-6-17(5-4-14(19)23)13-22(11-10-20(17)2)15(24)12-21-8-3-7-18-16(21)25/h3,7-8H,4-6,9-13H2,1-2H3/t17-/m0/s1. The average Bonchev–Trinajstić information content (AvgIpc) is 2.74. The third kappa shape index (κ3) is 3.58. The van der Waals surface area contributed by atoms with Crippen LogP contribution < -0.4 is 5.69 Å². The molecule has 2 amide bonds. The summed E-state index contributed by atoms with van der Waals surface area (Å²) in [5.74, 6) is 0.0853. The first-order valence-electron chi connectivity index (χ1n) is 8.66.